The zero-order chi connectivity index (χ0) is 11.5. The third kappa shape index (κ3) is 2.70. The zero-order valence-electron chi connectivity index (χ0n) is 9.14. The summed E-state index contributed by atoms with van der Waals surface area (Å²) in [6.45, 7) is 0. The second-order valence-electron chi connectivity index (χ2n) is 4.03. The Labute approximate surface area is 99.2 Å². The first-order valence-electron chi connectivity index (χ1n) is 5.34. The van der Waals surface area contributed by atoms with E-state index in [9.17, 15) is 4.79 Å². The molecule has 0 radical (unpaired) electrons. The van der Waals surface area contributed by atoms with Crippen LogP contribution in [-0.4, -0.2) is 23.4 Å². The first-order chi connectivity index (χ1) is 7.70. The van der Waals surface area contributed by atoms with Gasteiger partial charge >= 0.3 is 5.97 Å². The lowest BCUT2D eigenvalue weighted by molar-refractivity contribution is -0.138. The summed E-state index contributed by atoms with van der Waals surface area (Å²) in [6.07, 6.45) is 4.06. The summed E-state index contributed by atoms with van der Waals surface area (Å²) < 4.78 is 0. The van der Waals surface area contributed by atoms with Crippen LogP contribution in [0.4, 0.5) is 5.69 Å². The molecule has 0 bridgehead atoms. The molecule has 86 valence electrons. The van der Waals surface area contributed by atoms with Gasteiger partial charge in [-0.05, 0) is 49.3 Å². The molecule has 1 fully saturated rings. The summed E-state index contributed by atoms with van der Waals surface area (Å²) in [7, 11) is 0. The van der Waals surface area contributed by atoms with Crippen LogP contribution in [0.3, 0.4) is 0 Å². The fourth-order valence-electron chi connectivity index (χ4n) is 1.68. The molecule has 1 saturated carbocycles. The van der Waals surface area contributed by atoms with E-state index in [4.69, 9.17) is 5.11 Å². The maximum Gasteiger partial charge on any atom is 0.326 e. The van der Waals surface area contributed by atoms with Gasteiger partial charge in [0.05, 0.1) is 0 Å². The predicted octanol–water partition coefficient (Wildman–Crippen LogP) is 2.68. The van der Waals surface area contributed by atoms with Crippen molar-refractivity contribution >= 4 is 23.4 Å². The molecule has 0 heterocycles. The van der Waals surface area contributed by atoms with Crippen LogP contribution < -0.4 is 5.32 Å². The molecule has 3 nitrogen and oxygen atoms in total. The van der Waals surface area contributed by atoms with Crippen molar-refractivity contribution in [1.29, 1.82) is 0 Å². The molecule has 0 spiro atoms. The fourth-order valence-corrected chi connectivity index (χ4v) is 2.09. The number of thioether (sulfide) groups is 1. The molecule has 0 amide bonds. The lowest BCUT2D eigenvalue weighted by Gasteiger charge is -2.14. The van der Waals surface area contributed by atoms with Gasteiger partial charge in [-0.1, -0.05) is 0 Å². The molecule has 2 N–H and O–H groups in total. The van der Waals surface area contributed by atoms with Gasteiger partial charge in [-0.2, -0.15) is 0 Å². The lowest BCUT2D eigenvalue weighted by atomic mass is 10.1. The molecule has 0 saturated heterocycles. The van der Waals surface area contributed by atoms with E-state index in [2.05, 4.69) is 5.32 Å². The van der Waals surface area contributed by atoms with E-state index in [-0.39, 0.29) is 0 Å². The number of anilines is 1. The zero-order valence-corrected chi connectivity index (χ0v) is 9.96. The van der Waals surface area contributed by atoms with E-state index in [1.54, 1.807) is 11.8 Å². The van der Waals surface area contributed by atoms with Crippen molar-refractivity contribution in [2.75, 3.05) is 11.6 Å². The molecule has 1 aliphatic carbocycles. The highest BCUT2D eigenvalue weighted by atomic mass is 32.2. The minimum absolute atomic E-state index is 0.303. The summed E-state index contributed by atoms with van der Waals surface area (Å²) in [4.78, 5) is 12.2. The van der Waals surface area contributed by atoms with Gasteiger partial charge in [0.15, 0.2) is 0 Å². The monoisotopic (exact) mass is 237 g/mol. The summed E-state index contributed by atoms with van der Waals surface area (Å²) >= 11 is 1.68. The SMILES string of the molecule is CSc1ccc(NC(C(=O)O)C2CC2)cc1. The van der Waals surface area contributed by atoms with E-state index in [0.29, 0.717) is 5.92 Å². The van der Waals surface area contributed by atoms with Gasteiger partial charge in [0.1, 0.15) is 6.04 Å². The van der Waals surface area contributed by atoms with Crippen molar-refractivity contribution in [2.45, 2.75) is 23.8 Å². The largest absolute Gasteiger partial charge is 0.480 e. The van der Waals surface area contributed by atoms with E-state index >= 15 is 0 Å². The Hall–Kier alpha value is -1.16. The second kappa shape index (κ2) is 4.78. The molecule has 2 rings (SSSR count). The van der Waals surface area contributed by atoms with E-state index in [1.165, 1.54) is 4.90 Å². The van der Waals surface area contributed by atoms with Crippen LogP contribution in [0.25, 0.3) is 0 Å². The van der Waals surface area contributed by atoms with Gasteiger partial charge in [0, 0.05) is 10.6 Å². The predicted molar refractivity (Wildman–Crippen MR) is 66.0 cm³/mol. The van der Waals surface area contributed by atoms with Crippen LogP contribution in [0.2, 0.25) is 0 Å². The Balaban J connectivity index is 2.03. The van der Waals surface area contributed by atoms with Gasteiger partial charge in [-0.25, -0.2) is 4.79 Å². The van der Waals surface area contributed by atoms with Crippen molar-refractivity contribution in [1.82, 2.24) is 0 Å². The van der Waals surface area contributed by atoms with E-state index in [0.717, 1.165) is 18.5 Å². The number of aliphatic carboxylic acids is 1. The molecule has 1 aliphatic rings. The molecule has 4 heteroatoms. The van der Waals surface area contributed by atoms with Gasteiger partial charge in [-0.15, -0.1) is 11.8 Å². The van der Waals surface area contributed by atoms with Crippen LogP contribution in [0.15, 0.2) is 29.2 Å². The summed E-state index contributed by atoms with van der Waals surface area (Å²) in [5.41, 5.74) is 0.886. The number of carboxylic acids is 1. The molecule has 0 aromatic heterocycles. The number of nitrogens with one attached hydrogen (secondary N) is 1. The Morgan fingerprint density at radius 1 is 1.44 bits per heavy atom. The molecule has 0 aliphatic heterocycles. The van der Waals surface area contributed by atoms with Gasteiger partial charge < -0.3 is 10.4 Å². The Morgan fingerprint density at radius 2 is 2.06 bits per heavy atom. The average molecular weight is 237 g/mol. The van der Waals surface area contributed by atoms with Gasteiger partial charge in [0.2, 0.25) is 0 Å². The van der Waals surface area contributed by atoms with Crippen molar-refractivity contribution in [3.63, 3.8) is 0 Å². The highest BCUT2D eigenvalue weighted by Crippen LogP contribution is 2.34. The van der Waals surface area contributed by atoms with Crippen LogP contribution in [0, 0.1) is 5.92 Å². The maximum absolute atomic E-state index is 11.0. The molecule has 16 heavy (non-hydrogen) atoms. The third-order valence-corrected chi connectivity index (χ3v) is 3.52. The number of benzene rings is 1. The number of hydrogen-bond donors (Lipinski definition) is 2. The Bertz CT molecular complexity index is 373. The van der Waals surface area contributed by atoms with Crippen molar-refractivity contribution in [3.8, 4) is 0 Å². The highest BCUT2D eigenvalue weighted by molar-refractivity contribution is 7.98. The first kappa shape index (κ1) is 11.3. The third-order valence-electron chi connectivity index (χ3n) is 2.77. The minimum Gasteiger partial charge on any atom is -0.480 e. The number of carbonyl (C=O) groups is 1. The van der Waals surface area contributed by atoms with Crippen LogP contribution >= 0.6 is 11.8 Å². The van der Waals surface area contributed by atoms with Gasteiger partial charge in [0.25, 0.3) is 0 Å². The molecular formula is C12H15NO2S. The van der Waals surface area contributed by atoms with Crippen molar-refractivity contribution in [2.24, 2.45) is 5.92 Å². The Morgan fingerprint density at radius 3 is 2.50 bits per heavy atom. The van der Waals surface area contributed by atoms with Crippen LogP contribution in [0.5, 0.6) is 0 Å². The van der Waals surface area contributed by atoms with Crippen LogP contribution in [-0.2, 0) is 4.79 Å². The Kier molecular flexibility index (Phi) is 3.39. The summed E-state index contributed by atoms with van der Waals surface area (Å²) in [6, 6.07) is 7.44. The topological polar surface area (TPSA) is 49.3 Å². The molecule has 1 unspecified atom stereocenters. The molecule has 1 aromatic carbocycles. The normalized spacial score (nSPS) is 16.8. The lowest BCUT2D eigenvalue weighted by Crippen LogP contribution is -2.31. The van der Waals surface area contributed by atoms with Crippen LogP contribution in [0.1, 0.15) is 12.8 Å². The molecule has 1 atom stereocenters. The van der Waals surface area contributed by atoms with Crippen molar-refractivity contribution < 1.29 is 9.90 Å². The summed E-state index contributed by atoms with van der Waals surface area (Å²) in [5, 5.41) is 12.2. The van der Waals surface area contributed by atoms with Crippen molar-refractivity contribution in [3.05, 3.63) is 24.3 Å². The number of hydrogen-bond acceptors (Lipinski definition) is 3. The second-order valence-corrected chi connectivity index (χ2v) is 4.91. The number of rotatable bonds is 5. The number of carboxylic acid groups (broad SMARTS) is 1. The van der Waals surface area contributed by atoms with Gasteiger partial charge in [-0.3, -0.25) is 0 Å². The fraction of sp³-hybridized carbons (Fsp3) is 0.417. The molecule has 1 aromatic rings. The average Bonchev–Trinajstić information content (AvgIpc) is 3.10. The highest BCUT2D eigenvalue weighted by Gasteiger charge is 2.36. The smallest absolute Gasteiger partial charge is 0.326 e. The van der Waals surface area contributed by atoms with E-state index < -0.39 is 12.0 Å². The first-order valence-corrected chi connectivity index (χ1v) is 6.56. The standard InChI is InChI=1S/C12H15NO2S/c1-16-10-6-4-9(5-7-10)13-11(12(14)15)8-2-3-8/h4-8,11,13H,2-3H2,1H3,(H,14,15). The quantitative estimate of drug-likeness (QED) is 0.773. The van der Waals surface area contributed by atoms with E-state index in [1.807, 2.05) is 30.5 Å². The molecular weight excluding hydrogens is 222 g/mol. The summed E-state index contributed by atoms with van der Waals surface area (Å²) in [5.74, 6) is -0.450. The minimum atomic E-state index is -0.753. The maximum atomic E-state index is 11.0.